The summed E-state index contributed by atoms with van der Waals surface area (Å²) in [6.07, 6.45) is 8.97. The number of rotatable bonds is 0. The topological polar surface area (TPSA) is 38.7 Å². The van der Waals surface area contributed by atoms with Crippen LogP contribution < -0.4 is 0 Å². The summed E-state index contributed by atoms with van der Waals surface area (Å²) in [6.45, 7) is 22.0. The summed E-state index contributed by atoms with van der Waals surface area (Å²) < 4.78 is 0. The Labute approximate surface area is 266 Å². The van der Waals surface area contributed by atoms with Gasteiger partial charge in [-0.3, -0.25) is 15.0 Å². The fourth-order valence-electron chi connectivity index (χ4n) is 1.32. The molecule has 0 aromatic carbocycles. The van der Waals surface area contributed by atoms with Crippen molar-refractivity contribution in [2.24, 2.45) is 0 Å². The number of aryl methyl sites for hydroxylation is 3. The minimum atomic E-state index is 0. The molecule has 0 aliphatic rings. The van der Waals surface area contributed by atoms with E-state index in [1.165, 1.54) is 11.1 Å². The van der Waals surface area contributed by atoms with Gasteiger partial charge in [-0.2, -0.15) is 0 Å². The molecule has 2 radical (unpaired) electrons. The van der Waals surface area contributed by atoms with Gasteiger partial charge in [0.2, 0.25) is 0 Å². The van der Waals surface area contributed by atoms with Gasteiger partial charge in [-0.05, 0) is 62.2 Å². The summed E-state index contributed by atoms with van der Waals surface area (Å²) in [7, 11) is 0. The third-order valence-corrected chi connectivity index (χ3v) is 2.47. The van der Waals surface area contributed by atoms with Crippen molar-refractivity contribution in [1.82, 2.24) is 15.0 Å². The van der Waals surface area contributed by atoms with Gasteiger partial charge in [0.25, 0.3) is 0 Å². The molecule has 3 aromatic heterocycles. The second kappa shape index (κ2) is 58.5. The van der Waals surface area contributed by atoms with Crippen molar-refractivity contribution < 1.29 is 65.4 Å². The minimum Gasteiger partial charge on any atom is -0.358 e. The molecule has 0 saturated heterocycles. The van der Waals surface area contributed by atoms with E-state index in [2.05, 4.69) is 15.0 Å². The zero-order valence-electron chi connectivity index (χ0n) is 23.9. The normalized spacial score (nSPS) is 6.09. The molecular weight excluding hydrogens is 568 g/mol. The van der Waals surface area contributed by atoms with Crippen molar-refractivity contribution in [3.05, 3.63) is 105 Å². The van der Waals surface area contributed by atoms with Crippen molar-refractivity contribution in [3.63, 3.8) is 0 Å². The minimum absolute atomic E-state index is 0. The summed E-state index contributed by atoms with van der Waals surface area (Å²) in [4.78, 5) is 11.7. The van der Waals surface area contributed by atoms with Crippen LogP contribution in [0, 0.1) is 35.6 Å². The van der Waals surface area contributed by atoms with Gasteiger partial charge in [-0.1, -0.05) is 74.9 Å². The van der Waals surface area contributed by atoms with Crippen LogP contribution in [0.3, 0.4) is 0 Å². The second-order valence-electron chi connectivity index (χ2n) is 4.53. The molecule has 0 saturated carbocycles. The van der Waals surface area contributed by atoms with Crippen LogP contribution in [0.2, 0.25) is 0 Å². The Morgan fingerprint density at radius 3 is 1.15 bits per heavy atom. The molecule has 0 aliphatic carbocycles. The summed E-state index contributed by atoms with van der Waals surface area (Å²) in [5, 5.41) is 0. The van der Waals surface area contributed by atoms with Gasteiger partial charge in [0, 0.05) is 102 Å². The fourth-order valence-corrected chi connectivity index (χ4v) is 1.32. The molecule has 0 amide bonds. The van der Waals surface area contributed by atoms with Crippen LogP contribution in [0.5, 0.6) is 0 Å². The maximum atomic E-state index is 3.98. The van der Waals surface area contributed by atoms with Crippen LogP contribution in [0.1, 0.15) is 79.6 Å². The Balaban J connectivity index is -0.0000000322. The van der Waals surface area contributed by atoms with Crippen LogP contribution in [0.25, 0.3) is 0 Å². The van der Waals surface area contributed by atoms with Crippen LogP contribution >= 0.6 is 0 Å². The van der Waals surface area contributed by atoms with Crippen molar-refractivity contribution >= 4 is 0 Å². The van der Waals surface area contributed by atoms with E-state index in [0.29, 0.717) is 0 Å². The number of hydrogen-bond acceptors (Lipinski definition) is 3. The van der Waals surface area contributed by atoms with Gasteiger partial charge in [0.1, 0.15) is 0 Å². The van der Waals surface area contributed by atoms with E-state index in [1.807, 2.05) is 125 Å². The van der Waals surface area contributed by atoms with Gasteiger partial charge < -0.3 is 14.9 Å². The number of hydrogen-bond donors (Lipinski definition) is 0. The van der Waals surface area contributed by atoms with Gasteiger partial charge in [0.15, 0.2) is 0 Å². The molecule has 194 valence electrons. The first-order valence-electron chi connectivity index (χ1n) is 10.8. The van der Waals surface area contributed by atoms with E-state index in [0.717, 1.165) is 5.69 Å². The molecule has 0 aliphatic heterocycles. The first kappa shape index (κ1) is 59.0. The average molecular weight is 624 g/mol. The SMILES string of the molecule is C.CC.CC.CC.CC.Cc1ccccn1.Cc1cccnc1.Cc1ccncc1.[CH3-].[CH3-].[Y].[Y]. The predicted molar refractivity (Wildman–Crippen MR) is 152 cm³/mol. The fraction of sp³-hybridized carbons (Fsp3) is 0.414. The van der Waals surface area contributed by atoms with Crippen LogP contribution in [0.15, 0.2) is 73.4 Å². The van der Waals surface area contributed by atoms with Crippen molar-refractivity contribution in [2.45, 2.75) is 83.6 Å². The number of nitrogens with zero attached hydrogens (tertiary/aromatic N) is 3. The molecule has 34 heavy (non-hydrogen) atoms. The molecule has 5 heteroatoms. The maximum absolute atomic E-state index is 3.98. The number of pyridine rings is 3. The van der Waals surface area contributed by atoms with Gasteiger partial charge in [0.05, 0.1) is 0 Å². The zero-order chi connectivity index (χ0) is 23.3. The standard InChI is InChI=1S/3C6H7N.4C2H6.CH4.2CH3.2Y/c1-6-2-4-7-5-3-6;1-6-3-2-4-7-5-6;1-6-4-2-3-5-7-6;4*1-2;;;;;/h3*2-5H,1H3;4*1-2H3;1H4;2*1H3;;/q;;;;;;;;2*-1;;. The molecule has 0 fully saturated rings. The summed E-state index contributed by atoms with van der Waals surface area (Å²) in [6, 6.07) is 13.7. The molecule has 0 spiro atoms. The van der Waals surface area contributed by atoms with E-state index in [4.69, 9.17) is 0 Å². The molecule has 0 N–H and O–H groups in total. The monoisotopic (exact) mass is 623 g/mol. The second-order valence-corrected chi connectivity index (χ2v) is 4.53. The van der Waals surface area contributed by atoms with Crippen molar-refractivity contribution in [3.8, 4) is 0 Å². The van der Waals surface area contributed by atoms with Crippen LogP contribution in [-0.4, -0.2) is 15.0 Å². The Hall–Kier alpha value is -0.342. The van der Waals surface area contributed by atoms with Crippen LogP contribution in [-0.2, 0) is 65.4 Å². The third kappa shape index (κ3) is 53.2. The summed E-state index contributed by atoms with van der Waals surface area (Å²) in [5.74, 6) is 0. The van der Waals surface area contributed by atoms with E-state index < -0.39 is 0 Å². The molecular formula is C29H55N3Y2-2. The first-order chi connectivity index (χ1) is 14.2. The molecule has 3 nitrogen and oxygen atoms in total. The quantitative estimate of drug-likeness (QED) is 0.234. The summed E-state index contributed by atoms with van der Waals surface area (Å²) in [5.41, 5.74) is 3.54. The smallest absolute Gasteiger partial charge is 0.0372 e. The van der Waals surface area contributed by atoms with Gasteiger partial charge in [-0.15, -0.1) is 0 Å². The van der Waals surface area contributed by atoms with Crippen LogP contribution in [0.4, 0.5) is 0 Å². The van der Waals surface area contributed by atoms with E-state index >= 15 is 0 Å². The van der Waals surface area contributed by atoms with E-state index in [-0.39, 0.29) is 87.7 Å². The molecule has 3 heterocycles. The van der Waals surface area contributed by atoms with Gasteiger partial charge >= 0.3 is 0 Å². The first-order valence-corrected chi connectivity index (χ1v) is 10.8. The van der Waals surface area contributed by atoms with Crippen molar-refractivity contribution in [1.29, 1.82) is 0 Å². The molecule has 3 aromatic rings. The van der Waals surface area contributed by atoms with Crippen molar-refractivity contribution in [2.75, 3.05) is 0 Å². The van der Waals surface area contributed by atoms with E-state index in [1.54, 1.807) is 24.8 Å². The Bertz CT molecular complexity index is 504. The molecule has 0 unspecified atom stereocenters. The molecule has 0 bridgehead atoms. The molecule has 0 atom stereocenters. The Kier molecular flexibility index (Phi) is 102. The number of aromatic nitrogens is 3. The largest absolute Gasteiger partial charge is 0.358 e. The maximum Gasteiger partial charge on any atom is 0.0372 e. The Morgan fingerprint density at radius 1 is 0.500 bits per heavy atom. The van der Waals surface area contributed by atoms with Gasteiger partial charge in [-0.25, -0.2) is 0 Å². The summed E-state index contributed by atoms with van der Waals surface area (Å²) >= 11 is 0. The Morgan fingerprint density at radius 2 is 0.971 bits per heavy atom. The molecule has 3 rings (SSSR count). The van der Waals surface area contributed by atoms with E-state index in [9.17, 15) is 0 Å². The predicted octanol–water partition coefficient (Wildman–Crippen LogP) is 9.81. The third-order valence-electron chi connectivity index (χ3n) is 2.47. The zero-order valence-corrected chi connectivity index (χ0v) is 29.6. The average Bonchev–Trinajstić information content (AvgIpc) is 2.82.